The topological polar surface area (TPSA) is 46.3 Å². The first kappa shape index (κ1) is 12.1. The van der Waals surface area contributed by atoms with E-state index in [0.29, 0.717) is 6.54 Å². The molecule has 0 atom stereocenters. The molecule has 1 saturated carbocycles. The lowest BCUT2D eigenvalue weighted by molar-refractivity contribution is -0.121. The van der Waals surface area contributed by atoms with E-state index in [0.717, 1.165) is 24.1 Å². The monoisotopic (exact) mass is 232 g/mol. The Bertz CT molecular complexity index is 397. The first-order chi connectivity index (χ1) is 8.22. The van der Waals surface area contributed by atoms with Crippen LogP contribution in [0, 0.1) is 5.92 Å². The summed E-state index contributed by atoms with van der Waals surface area (Å²) in [6, 6.07) is 7.90. The van der Waals surface area contributed by atoms with Crippen LogP contribution < -0.4 is 10.6 Å². The molecule has 3 nitrogen and oxygen atoms in total. The fourth-order valence-corrected chi connectivity index (χ4v) is 2.47. The molecule has 17 heavy (non-hydrogen) atoms. The summed E-state index contributed by atoms with van der Waals surface area (Å²) in [6.45, 7) is 0.513. The van der Waals surface area contributed by atoms with Crippen LogP contribution in [0.2, 0.25) is 0 Å². The second-order valence-electron chi connectivity index (χ2n) is 4.75. The molecular formula is C14H20N2O. The molecule has 0 bridgehead atoms. The number of benzene rings is 1. The summed E-state index contributed by atoms with van der Waals surface area (Å²) in [5.41, 5.74) is 7.63. The van der Waals surface area contributed by atoms with E-state index in [1.807, 2.05) is 31.3 Å². The molecule has 3 heteroatoms. The van der Waals surface area contributed by atoms with Crippen LogP contribution in [-0.4, -0.2) is 13.0 Å². The first-order valence-corrected chi connectivity index (χ1v) is 6.29. The standard InChI is InChI=1S/C14H20N2O/c1-16(14(17)12-6-2-3-7-12)13-8-4-5-11(9-13)10-15/h4-5,8-9,12H,2-3,6-7,10,15H2,1H3. The molecule has 1 aliphatic rings. The van der Waals surface area contributed by atoms with Gasteiger partial charge in [-0.25, -0.2) is 0 Å². The Morgan fingerprint density at radius 1 is 1.41 bits per heavy atom. The van der Waals surface area contributed by atoms with Gasteiger partial charge in [0.1, 0.15) is 0 Å². The maximum Gasteiger partial charge on any atom is 0.229 e. The Hall–Kier alpha value is -1.35. The lowest BCUT2D eigenvalue weighted by Gasteiger charge is -2.21. The highest BCUT2D eigenvalue weighted by Crippen LogP contribution is 2.28. The van der Waals surface area contributed by atoms with Gasteiger partial charge in [-0.2, -0.15) is 0 Å². The van der Waals surface area contributed by atoms with Gasteiger partial charge in [0.2, 0.25) is 5.91 Å². The van der Waals surface area contributed by atoms with Crippen LogP contribution in [0.3, 0.4) is 0 Å². The molecule has 0 aliphatic heterocycles. The van der Waals surface area contributed by atoms with E-state index < -0.39 is 0 Å². The minimum atomic E-state index is 0.224. The Morgan fingerprint density at radius 3 is 2.76 bits per heavy atom. The summed E-state index contributed by atoms with van der Waals surface area (Å²) in [6.07, 6.45) is 4.46. The summed E-state index contributed by atoms with van der Waals surface area (Å²) in [4.78, 5) is 14.0. The van der Waals surface area contributed by atoms with Crippen molar-refractivity contribution in [2.45, 2.75) is 32.2 Å². The molecule has 2 rings (SSSR count). The molecule has 2 N–H and O–H groups in total. The van der Waals surface area contributed by atoms with Gasteiger partial charge in [0.25, 0.3) is 0 Å². The van der Waals surface area contributed by atoms with Crippen LogP contribution in [-0.2, 0) is 11.3 Å². The van der Waals surface area contributed by atoms with E-state index in [9.17, 15) is 4.79 Å². The minimum Gasteiger partial charge on any atom is -0.326 e. The summed E-state index contributed by atoms with van der Waals surface area (Å²) < 4.78 is 0. The lowest BCUT2D eigenvalue weighted by atomic mass is 10.1. The molecule has 1 aromatic rings. The predicted octanol–water partition coefficient (Wildman–Crippen LogP) is 2.30. The molecule has 0 heterocycles. The van der Waals surface area contributed by atoms with Gasteiger partial charge in [0, 0.05) is 25.2 Å². The van der Waals surface area contributed by atoms with E-state index in [1.54, 1.807) is 4.90 Å². The largest absolute Gasteiger partial charge is 0.326 e. The average molecular weight is 232 g/mol. The van der Waals surface area contributed by atoms with Gasteiger partial charge in [-0.3, -0.25) is 4.79 Å². The Labute approximate surface area is 103 Å². The van der Waals surface area contributed by atoms with Gasteiger partial charge in [-0.05, 0) is 30.5 Å². The molecule has 1 amide bonds. The third-order valence-corrected chi connectivity index (χ3v) is 3.57. The molecular weight excluding hydrogens is 212 g/mol. The molecule has 0 unspecified atom stereocenters. The Balaban J connectivity index is 2.12. The fourth-order valence-electron chi connectivity index (χ4n) is 2.47. The zero-order valence-corrected chi connectivity index (χ0v) is 10.4. The summed E-state index contributed by atoms with van der Waals surface area (Å²) in [7, 11) is 1.86. The van der Waals surface area contributed by atoms with Crippen molar-refractivity contribution in [2.75, 3.05) is 11.9 Å². The second-order valence-corrected chi connectivity index (χ2v) is 4.75. The van der Waals surface area contributed by atoms with Crippen molar-refractivity contribution in [1.82, 2.24) is 0 Å². The van der Waals surface area contributed by atoms with Gasteiger partial charge < -0.3 is 10.6 Å². The number of hydrogen-bond acceptors (Lipinski definition) is 2. The third-order valence-electron chi connectivity index (χ3n) is 3.57. The zero-order valence-electron chi connectivity index (χ0n) is 10.4. The number of nitrogens with zero attached hydrogens (tertiary/aromatic N) is 1. The molecule has 0 saturated heterocycles. The molecule has 0 spiro atoms. The van der Waals surface area contributed by atoms with Gasteiger partial charge in [-0.15, -0.1) is 0 Å². The van der Waals surface area contributed by atoms with Crippen LogP contribution in [0.1, 0.15) is 31.2 Å². The lowest BCUT2D eigenvalue weighted by Crippen LogP contribution is -2.31. The average Bonchev–Trinajstić information content (AvgIpc) is 2.91. The SMILES string of the molecule is CN(C(=O)C1CCCC1)c1cccc(CN)c1. The Morgan fingerprint density at radius 2 is 2.12 bits per heavy atom. The van der Waals surface area contributed by atoms with Crippen molar-refractivity contribution in [3.8, 4) is 0 Å². The molecule has 0 aromatic heterocycles. The van der Waals surface area contributed by atoms with Crippen LogP contribution in [0.25, 0.3) is 0 Å². The van der Waals surface area contributed by atoms with E-state index in [4.69, 9.17) is 5.73 Å². The Kier molecular flexibility index (Phi) is 3.79. The number of carbonyl (C=O) groups is 1. The summed E-state index contributed by atoms with van der Waals surface area (Å²) in [5.74, 6) is 0.471. The summed E-state index contributed by atoms with van der Waals surface area (Å²) >= 11 is 0. The molecule has 1 aliphatic carbocycles. The van der Waals surface area contributed by atoms with Crippen LogP contribution in [0.5, 0.6) is 0 Å². The van der Waals surface area contributed by atoms with Gasteiger partial charge in [0.05, 0.1) is 0 Å². The normalized spacial score (nSPS) is 16.1. The second kappa shape index (κ2) is 5.32. The van der Waals surface area contributed by atoms with Gasteiger partial charge >= 0.3 is 0 Å². The fraction of sp³-hybridized carbons (Fsp3) is 0.500. The number of hydrogen-bond donors (Lipinski definition) is 1. The molecule has 92 valence electrons. The maximum atomic E-state index is 12.2. The number of amides is 1. The number of rotatable bonds is 3. The summed E-state index contributed by atoms with van der Waals surface area (Å²) in [5, 5.41) is 0. The molecule has 1 fully saturated rings. The van der Waals surface area contributed by atoms with Gasteiger partial charge in [0.15, 0.2) is 0 Å². The van der Waals surface area contributed by atoms with Crippen molar-refractivity contribution in [1.29, 1.82) is 0 Å². The quantitative estimate of drug-likeness (QED) is 0.869. The smallest absolute Gasteiger partial charge is 0.229 e. The maximum absolute atomic E-state index is 12.2. The van der Waals surface area contributed by atoms with Crippen molar-refractivity contribution in [2.24, 2.45) is 11.7 Å². The highest BCUT2D eigenvalue weighted by molar-refractivity contribution is 5.94. The minimum absolute atomic E-state index is 0.224. The van der Waals surface area contributed by atoms with Crippen LogP contribution in [0.15, 0.2) is 24.3 Å². The van der Waals surface area contributed by atoms with Crippen LogP contribution in [0.4, 0.5) is 5.69 Å². The molecule has 0 radical (unpaired) electrons. The first-order valence-electron chi connectivity index (χ1n) is 6.29. The van der Waals surface area contributed by atoms with Crippen molar-refractivity contribution >= 4 is 11.6 Å². The van der Waals surface area contributed by atoms with E-state index in [1.165, 1.54) is 12.8 Å². The van der Waals surface area contributed by atoms with Gasteiger partial charge in [-0.1, -0.05) is 25.0 Å². The highest BCUT2D eigenvalue weighted by atomic mass is 16.2. The highest BCUT2D eigenvalue weighted by Gasteiger charge is 2.25. The van der Waals surface area contributed by atoms with E-state index in [2.05, 4.69) is 0 Å². The number of carbonyl (C=O) groups excluding carboxylic acids is 1. The van der Waals surface area contributed by atoms with Crippen molar-refractivity contribution in [3.05, 3.63) is 29.8 Å². The molecule has 1 aromatic carbocycles. The number of nitrogens with two attached hydrogens (primary N) is 1. The van der Waals surface area contributed by atoms with E-state index >= 15 is 0 Å². The van der Waals surface area contributed by atoms with Crippen molar-refractivity contribution in [3.63, 3.8) is 0 Å². The number of anilines is 1. The zero-order chi connectivity index (χ0) is 12.3. The predicted molar refractivity (Wildman–Crippen MR) is 69.7 cm³/mol. The van der Waals surface area contributed by atoms with Crippen molar-refractivity contribution < 1.29 is 4.79 Å². The van der Waals surface area contributed by atoms with E-state index in [-0.39, 0.29) is 11.8 Å². The van der Waals surface area contributed by atoms with Crippen LogP contribution >= 0.6 is 0 Å². The third kappa shape index (κ3) is 2.67.